The minimum Gasteiger partial charge on any atom is -0.496 e. The van der Waals surface area contributed by atoms with Crippen LogP contribution in [-0.2, 0) is 17.8 Å². The number of ether oxygens (including phenoxy) is 1. The van der Waals surface area contributed by atoms with Gasteiger partial charge in [-0.05, 0) is 43.5 Å². The maximum atomic E-state index is 13.9. The minimum absolute atomic E-state index is 0.151. The average molecular weight is 531 g/mol. The summed E-state index contributed by atoms with van der Waals surface area (Å²) < 4.78 is 21.8. The van der Waals surface area contributed by atoms with Crippen LogP contribution >= 0.6 is 11.3 Å². The van der Waals surface area contributed by atoms with Crippen LogP contribution in [0.4, 0.5) is 4.39 Å². The highest BCUT2D eigenvalue weighted by Gasteiger charge is 2.34. The van der Waals surface area contributed by atoms with Gasteiger partial charge in [0.05, 0.1) is 24.9 Å². The fourth-order valence-electron chi connectivity index (χ4n) is 4.55. The molecule has 11 nitrogen and oxygen atoms in total. The van der Waals surface area contributed by atoms with Crippen LogP contribution in [0.15, 0.2) is 40.2 Å². The Morgan fingerprint density at radius 3 is 2.51 bits per heavy atom. The number of carbonyl (C=O) groups excluding carboxylic acids is 1. The number of hydrogen-bond donors (Lipinski definition) is 1. The first-order valence-corrected chi connectivity index (χ1v) is 12.3. The van der Waals surface area contributed by atoms with Crippen molar-refractivity contribution in [3.05, 3.63) is 68.4 Å². The molecule has 37 heavy (non-hydrogen) atoms. The third kappa shape index (κ3) is 4.55. The molecule has 0 radical (unpaired) electrons. The molecule has 1 N–H and O–H groups in total. The lowest BCUT2D eigenvalue weighted by Gasteiger charge is -2.17. The number of hydrogen-bond acceptors (Lipinski definition) is 8. The smallest absolute Gasteiger partial charge is 0.332 e. The Labute approximate surface area is 214 Å². The van der Waals surface area contributed by atoms with Gasteiger partial charge in [-0.3, -0.25) is 14.2 Å². The Kier molecular flexibility index (Phi) is 7.55. The van der Waals surface area contributed by atoms with E-state index < -0.39 is 23.1 Å². The first kappa shape index (κ1) is 26.2. The van der Waals surface area contributed by atoms with Crippen molar-refractivity contribution in [1.82, 2.24) is 29.0 Å². The van der Waals surface area contributed by atoms with E-state index in [1.165, 1.54) is 63.3 Å². The summed E-state index contributed by atoms with van der Waals surface area (Å²) >= 11 is 1.22. The van der Waals surface area contributed by atoms with Crippen LogP contribution in [0, 0.1) is 12.7 Å². The zero-order valence-electron chi connectivity index (χ0n) is 20.8. The number of thiophene rings is 1. The van der Waals surface area contributed by atoms with E-state index >= 15 is 0 Å². The molecular formula is C24H27FN6O5S. The van der Waals surface area contributed by atoms with Crippen molar-refractivity contribution in [2.24, 2.45) is 0 Å². The Hall–Kier alpha value is -3.84. The molecule has 0 unspecified atom stereocenters. The van der Waals surface area contributed by atoms with Gasteiger partial charge in [-0.2, -0.15) is 10.2 Å². The number of carbonyl (C=O) groups is 1. The number of aromatic nitrogens is 5. The van der Waals surface area contributed by atoms with Crippen LogP contribution in [0.2, 0.25) is 0 Å². The average Bonchev–Trinajstić information content (AvgIpc) is 3.62. The second-order valence-electron chi connectivity index (χ2n) is 8.41. The first-order chi connectivity index (χ1) is 17.8. The lowest BCUT2D eigenvalue weighted by molar-refractivity contribution is -0.129. The third-order valence-corrected chi connectivity index (χ3v) is 7.66. The van der Waals surface area contributed by atoms with Crippen molar-refractivity contribution in [3.8, 4) is 10.8 Å². The lowest BCUT2D eigenvalue weighted by atomic mass is 10.1. The second-order valence-corrected chi connectivity index (χ2v) is 9.39. The van der Waals surface area contributed by atoms with Gasteiger partial charge < -0.3 is 14.7 Å². The van der Waals surface area contributed by atoms with Crippen molar-refractivity contribution >= 4 is 27.5 Å². The summed E-state index contributed by atoms with van der Waals surface area (Å²) in [7, 11) is 4.15. The Bertz CT molecular complexity index is 1560. The van der Waals surface area contributed by atoms with Crippen LogP contribution in [-0.4, -0.2) is 67.9 Å². The summed E-state index contributed by atoms with van der Waals surface area (Å²) in [5, 5.41) is 16.3. The predicted octanol–water partition coefficient (Wildman–Crippen LogP) is 1.52. The molecule has 1 fully saturated rings. The molecule has 1 amide bonds. The van der Waals surface area contributed by atoms with Crippen molar-refractivity contribution in [2.45, 2.75) is 32.4 Å². The number of amides is 1. The van der Waals surface area contributed by atoms with Crippen LogP contribution in [0.3, 0.4) is 0 Å². The minimum atomic E-state index is -0.870. The van der Waals surface area contributed by atoms with Crippen LogP contribution in [0.5, 0.6) is 5.75 Å². The molecule has 4 heterocycles. The Balaban J connectivity index is 0.00000156. The first-order valence-electron chi connectivity index (χ1n) is 11.5. The molecule has 1 saturated heterocycles. The van der Waals surface area contributed by atoms with Crippen molar-refractivity contribution < 1.29 is 19.0 Å². The maximum absolute atomic E-state index is 13.9. The van der Waals surface area contributed by atoms with Gasteiger partial charge in [-0.15, -0.1) is 4.80 Å². The number of fused-ring (bicyclic) bond motifs is 1. The van der Waals surface area contributed by atoms with Crippen LogP contribution in [0.25, 0.3) is 15.2 Å². The monoisotopic (exact) mass is 530 g/mol. The second kappa shape index (κ2) is 10.6. The van der Waals surface area contributed by atoms with Crippen LogP contribution in [0.1, 0.15) is 23.6 Å². The van der Waals surface area contributed by atoms with E-state index in [0.29, 0.717) is 45.1 Å². The Morgan fingerprint density at radius 2 is 1.89 bits per heavy atom. The number of methoxy groups -OCH3 is 1. The fraction of sp³-hybridized carbons (Fsp3) is 0.375. The number of aryl methyl sites for hydroxylation is 3. The molecule has 0 saturated carbocycles. The predicted molar refractivity (Wildman–Crippen MR) is 136 cm³/mol. The molecule has 196 valence electrons. The molecule has 0 bridgehead atoms. The molecule has 1 aliphatic heterocycles. The largest absolute Gasteiger partial charge is 0.496 e. The standard InChI is InChI=1S/C23H23FN6O4S.CH4O/c1-13-18-20(32)29(16-7-10-27(2)19(16)31)23(33)28(22(18)35-21(13)30-25-8-9-26-30)11-6-14-12-15(24)4-5-17(14)34-3;1-2/h4-5,8-9,12,16H,6-7,10-11H2,1-3H3;2H,1H3/t16-;/m0./s1. The summed E-state index contributed by atoms with van der Waals surface area (Å²) in [4.78, 5) is 43.5. The van der Waals surface area contributed by atoms with Gasteiger partial charge in [0.1, 0.15) is 27.4 Å². The molecule has 13 heteroatoms. The number of nitrogens with zero attached hydrogens (tertiary/aromatic N) is 6. The lowest BCUT2D eigenvalue weighted by Crippen LogP contribution is -2.44. The van der Waals surface area contributed by atoms with Gasteiger partial charge in [0.15, 0.2) is 0 Å². The summed E-state index contributed by atoms with van der Waals surface area (Å²) in [5.41, 5.74) is 0.123. The summed E-state index contributed by atoms with van der Waals surface area (Å²) in [5.74, 6) is -0.189. The number of aliphatic hydroxyl groups is 1. The van der Waals surface area contributed by atoms with Gasteiger partial charge in [0.2, 0.25) is 5.91 Å². The maximum Gasteiger partial charge on any atom is 0.332 e. The summed E-state index contributed by atoms with van der Waals surface area (Å²) in [6.45, 7) is 2.38. The molecule has 1 aliphatic rings. The molecule has 4 aromatic rings. The number of benzene rings is 1. The number of likely N-dealkylation sites (tertiary alicyclic amines) is 1. The molecule has 1 aromatic carbocycles. The van der Waals surface area contributed by atoms with Gasteiger partial charge in [-0.1, -0.05) is 11.3 Å². The zero-order valence-corrected chi connectivity index (χ0v) is 21.7. The molecule has 5 rings (SSSR count). The topological polar surface area (TPSA) is 124 Å². The summed E-state index contributed by atoms with van der Waals surface area (Å²) in [6, 6.07) is 3.34. The highest BCUT2D eigenvalue weighted by Crippen LogP contribution is 2.31. The van der Waals surface area contributed by atoms with Gasteiger partial charge in [-0.25, -0.2) is 13.8 Å². The van der Waals surface area contributed by atoms with Crippen molar-refractivity contribution in [3.63, 3.8) is 0 Å². The van der Waals surface area contributed by atoms with E-state index in [2.05, 4.69) is 10.2 Å². The van der Waals surface area contributed by atoms with Gasteiger partial charge >= 0.3 is 5.69 Å². The number of aliphatic hydroxyl groups excluding tert-OH is 1. The fourth-order valence-corrected chi connectivity index (χ4v) is 5.79. The van der Waals surface area contributed by atoms with E-state index in [4.69, 9.17) is 9.84 Å². The van der Waals surface area contributed by atoms with Gasteiger partial charge in [0, 0.05) is 32.8 Å². The van der Waals surface area contributed by atoms with E-state index in [1.807, 2.05) is 0 Å². The Morgan fingerprint density at radius 1 is 1.19 bits per heavy atom. The number of rotatable bonds is 6. The van der Waals surface area contributed by atoms with E-state index in [-0.39, 0.29) is 18.9 Å². The van der Waals surface area contributed by atoms with E-state index in [1.54, 1.807) is 14.0 Å². The molecule has 1 atom stereocenters. The molecule has 0 spiro atoms. The van der Waals surface area contributed by atoms with E-state index in [9.17, 15) is 18.8 Å². The van der Waals surface area contributed by atoms with Gasteiger partial charge in [0.25, 0.3) is 5.56 Å². The molecule has 3 aromatic heterocycles. The highest BCUT2D eigenvalue weighted by molar-refractivity contribution is 7.21. The normalized spacial score (nSPS) is 15.2. The molecular weight excluding hydrogens is 503 g/mol. The van der Waals surface area contributed by atoms with Crippen LogP contribution < -0.4 is 16.0 Å². The van der Waals surface area contributed by atoms with Crippen molar-refractivity contribution in [1.29, 1.82) is 0 Å². The number of likely N-dealkylation sites (N-methyl/N-ethyl adjacent to an activating group) is 1. The third-order valence-electron chi connectivity index (χ3n) is 6.38. The quantitative estimate of drug-likeness (QED) is 0.401. The van der Waals surface area contributed by atoms with Crippen molar-refractivity contribution in [2.75, 3.05) is 27.8 Å². The zero-order chi connectivity index (χ0) is 26.9. The number of halogens is 1. The highest BCUT2D eigenvalue weighted by atomic mass is 32.1. The SMILES string of the molecule is CO.COc1ccc(F)cc1CCn1c(=O)n([C@H]2CCN(C)C2=O)c(=O)c2c(C)c(-n3nccn3)sc21. The summed E-state index contributed by atoms with van der Waals surface area (Å²) in [6.07, 6.45) is 3.69. The van der Waals surface area contributed by atoms with E-state index in [0.717, 1.165) is 11.7 Å². The molecule has 0 aliphatic carbocycles.